The fourth-order valence-corrected chi connectivity index (χ4v) is 6.88. The van der Waals surface area contributed by atoms with E-state index in [9.17, 15) is 13.2 Å². The number of thioether (sulfide) groups is 1. The summed E-state index contributed by atoms with van der Waals surface area (Å²) in [4.78, 5) is 18.3. The van der Waals surface area contributed by atoms with Crippen LogP contribution in [0.4, 0.5) is 5.69 Å². The van der Waals surface area contributed by atoms with Gasteiger partial charge in [0.25, 0.3) is 5.91 Å². The van der Waals surface area contributed by atoms with Crippen LogP contribution in [0.5, 0.6) is 5.75 Å². The van der Waals surface area contributed by atoms with Crippen molar-refractivity contribution in [3.63, 3.8) is 0 Å². The molecule has 1 amide bonds. The molecule has 0 saturated carbocycles. The predicted octanol–water partition coefficient (Wildman–Crippen LogP) is 2.34. The summed E-state index contributed by atoms with van der Waals surface area (Å²) >= 11 is 1.39. The van der Waals surface area contributed by atoms with Crippen LogP contribution in [0.1, 0.15) is 20.8 Å². The van der Waals surface area contributed by atoms with Gasteiger partial charge in [-0.3, -0.25) is 4.79 Å². The first kappa shape index (κ1) is 18.3. The Kier molecular flexibility index (Phi) is 5.11. The van der Waals surface area contributed by atoms with E-state index < -0.39 is 9.84 Å². The van der Waals surface area contributed by atoms with E-state index in [-0.39, 0.29) is 34.6 Å². The van der Waals surface area contributed by atoms with Gasteiger partial charge in [0.1, 0.15) is 5.75 Å². The molecular formula is C17H22N2O4S2. The Hall–Kier alpha value is -1.54. The number of amides is 1. The van der Waals surface area contributed by atoms with E-state index in [4.69, 9.17) is 4.74 Å². The molecule has 6 nitrogen and oxygen atoms in total. The van der Waals surface area contributed by atoms with E-state index >= 15 is 0 Å². The third-order valence-electron chi connectivity index (χ3n) is 4.19. The highest BCUT2D eigenvalue weighted by atomic mass is 32.2. The van der Waals surface area contributed by atoms with Gasteiger partial charge in [0, 0.05) is 16.9 Å². The number of rotatable bonds is 4. The zero-order chi connectivity index (χ0) is 18.2. The van der Waals surface area contributed by atoms with Crippen molar-refractivity contribution in [3.8, 4) is 5.75 Å². The van der Waals surface area contributed by atoms with Crippen LogP contribution < -0.4 is 9.64 Å². The van der Waals surface area contributed by atoms with Gasteiger partial charge in [-0.1, -0.05) is 25.6 Å². The molecule has 136 valence electrons. The fraction of sp³-hybridized carbons (Fsp3) is 0.529. The first-order valence-corrected chi connectivity index (χ1v) is 11.0. The molecule has 2 saturated heterocycles. The molecule has 2 fully saturated rings. The number of hydrogen-bond donors (Lipinski definition) is 0. The van der Waals surface area contributed by atoms with Crippen molar-refractivity contribution in [2.45, 2.75) is 32.1 Å². The molecule has 1 aromatic carbocycles. The third kappa shape index (κ3) is 3.84. The van der Waals surface area contributed by atoms with Crippen LogP contribution in [-0.4, -0.2) is 48.9 Å². The lowest BCUT2D eigenvalue weighted by Crippen LogP contribution is -2.37. The Morgan fingerprint density at radius 3 is 2.60 bits per heavy atom. The van der Waals surface area contributed by atoms with Crippen LogP contribution >= 0.6 is 11.8 Å². The molecule has 25 heavy (non-hydrogen) atoms. The van der Waals surface area contributed by atoms with E-state index in [1.807, 2.05) is 36.1 Å². The van der Waals surface area contributed by atoms with Gasteiger partial charge in [0.05, 0.1) is 24.2 Å². The number of nitrogens with zero attached hydrogens (tertiary/aromatic N) is 2. The number of ether oxygens (including phenoxy) is 1. The minimum atomic E-state index is -3.06. The molecule has 2 aliphatic rings. The SMILES string of the molecule is CCOc1ccc(N2C(=NC(=O)C(C)C)S[C@@H]3CS(=O)(=O)C[C@H]32)cc1. The molecule has 2 atom stereocenters. The molecule has 0 unspecified atom stereocenters. The summed E-state index contributed by atoms with van der Waals surface area (Å²) in [6.45, 7) is 6.11. The Balaban J connectivity index is 1.96. The number of amidine groups is 1. The summed E-state index contributed by atoms with van der Waals surface area (Å²) in [6.07, 6.45) is 0. The average molecular weight is 383 g/mol. The van der Waals surface area contributed by atoms with Crippen molar-refractivity contribution in [1.29, 1.82) is 0 Å². The molecular weight excluding hydrogens is 360 g/mol. The van der Waals surface area contributed by atoms with Gasteiger partial charge in [0.2, 0.25) is 0 Å². The monoisotopic (exact) mass is 382 g/mol. The molecule has 0 aliphatic carbocycles. The Morgan fingerprint density at radius 1 is 1.32 bits per heavy atom. The minimum absolute atomic E-state index is 0.0877. The second-order valence-corrected chi connectivity index (χ2v) is 9.84. The Bertz CT molecular complexity index is 787. The zero-order valence-corrected chi connectivity index (χ0v) is 16.1. The molecule has 3 rings (SSSR count). The number of aliphatic imine (C=N–C) groups is 1. The fourth-order valence-electron chi connectivity index (χ4n) is 2.96. The first-order chi connectivity index (χ1) is 11.8. The van der Waals surface area contributed by atoms with Gasteiger partial charge in [-0.25, -0.2) is 8.42 Å². The number of fused-ring (bicyclic) bond motifs is 1. The van der Waals surface area contributed by atoms with E-state index in [1.54, 1.807) is 13.8 Å². The first-order valence-electron chi connectivity index (χ1n) is 8.32. The molecule has 0 N–H and O–H groups in total. The molecule has 0 aromatic heterocycles. The van der Waals surface area contributed by atoms with Crippen molar-refractivity contribution < 1.29 is 17.9 Å². The van der Waals surface area contributed by atoms with Crippen molar-refractivity contribution >= 4 is 38.4 Å². The van der Waals surface area contributed by atoms with E-state index in [2.05, 4.69) is 4.99 Å². The maximum Gasteiger partial charge on any atom is 0.250 e. The summed E-state index contributed by atoms with van der Waals surface area (Å²) in [7, 11) is -3.06. The Labute approximate surface area is 152 Å². The van der Waals surface area contributed by atoms with Gasteiger partial charge < -0.3 is 9.64 Å². The smallest absolute Gasteiger partial charge is 0.250 e. The van der Waals surface area contributed by atoms with E-state index in [0.29, 0.717) is 11.8 Å². The summed E-state index contributed by atoms with van der Waals surface area (Å²) in [5.74, 6) is 0.587. The number of benzene rings is 1. The molecule has 2 aliphatic heterocycles. The summed E-state index contributed by atoms with van der Waals surface area (Å²) in [5, 5.41) is 0.503. The third-order valence-corrected chi connectivity index (χ3v) is 7.40. The maximum atomic E-state index is 12.1. The van der Waals surface area contributed by atoms with Gasteiger partial charge in [-0.2, -0.15) is 4.99 Å². The number of sulfone groups is 1. The minimum Gasteiger partial charge on any atom is -0.494 e. The van der Waals surface area contributed by atoms with Gasteiger partial charge in [-0.05, 0) is 31.2 Å². The van der Waals surface area contributed by atoms with Crippen LogP contribution in [-0.2, 0) is 14.6 Å². The second-order valence-electron chi connectivity index (χ2n) is 6.48. The molecule has 8 heteroatoms. The van der Waals surface area contributed by atoms with Crippen LogP contribution in [0.15, 0.2) is 29.3 Å². The van der Waals surface area contributed by atoms with Crippen LogP contribution in [0.2, 0.25) is 0 Å². The number of anilines is 1. The molecule has 2 heterocycles. The summed E-state index contributed by atoms with van der Waals surface area (Å²) in [5.41, 5.74) is 0.829. The number of carbonyl (C=O) groups excluding carboxylic acids is 1. The highest BCUT2D eigenvalue weighted by molar-refractivity contribution is 8.16. The van der Waals surface area contributed by atoms with Crippen LogP contribution in [0.3, 0.4) is 0 Å². The molecule has 0 bridgehead atoms. The lowest BCUT2D eigenvalue weighted by atomic mass is 10.2. The van der Waals surface area contributed by atoms with Crippen LogP contribution in [0.25, 0.3) is 0 Å². The molecule has 1 aromatic rings. The standard InChI is InChI=1S/C17H22N2O4S2/c1-4-23-13-7-5-12(6-8-13)19-14-9-25(21,22)10-15(14)24-17(19)18-16(20)11(2)3/h5-8,11,14-15H,4,9-10H2,1-3H3/t14-,15-/m1/s1. The topological polar surface area (TPSA) is 76.0 Å². The lowest BCUT2D eigenvalue weighted by molar-refractivity contribution is -0.120. The van der Waals surface area contributed by atoms with Gasteiger partial charge in [-0.15, -0.1) is 0 Å². The normalized spacial score (nSPS) is 26.2. The van der Waals surface area contributed by atoms with Crippen molar-refractivity contribution in [2.75, 3.05) is 23.0 Å². The zero-order valence-electron chi connectivity index (χ0n) is 14.5. The largest absolute Gasteiger partial charge is 0.494 e. The number of hydrogen-bond acceptors (Lipinski definition) is 5. The molecule has 0 spiro atoms. The predicted molar refractivity (Wildman–Crippen MR) is 101 cm³/mol. The van der Waals surface area contributed by atoms with E-state index in [0.717, 1.165) is 11.4 Å². The van der Waals surface area contributed by atoms with E-state index in [1.165, 1.54) is 11.8 Å². The lowest BCUT2D eigenvalue weighted by Gasteiger charge is -2.24. The second kappa shape index (κ2) is 6.99. The van der Waals surface area contributed by atoms with Crippen molar-refractivity contribution in [1.82, 2.24) is 0 Å². The highest BCUT2D eigenvalue weighted by Gasteiger charge is 2.49. The van der Waals surface area contributed by atoms with Gasteiger partial charge >= 0.3 is 0 Å². The summed E-state index contributed by atoms with van der Waals surface area (Å²) in [6, 6.07) is 7.28. The number of carbonyl (C=O) groups is 1. The average Bonchev–Trinajstić information content (AvgIpc) is 2.99. The quantitative estimate of drug-likeness (QED) is 0.796. The van der Waals surface area contributed by atoms with Crippen molar-refractivity contribution in [2.24, 2.45) is 10.9 Å². The maximum absolute atomic E-state index is 12.1. The highest BCUT2D eigenvalue weighted by Crippen LogP contribution is 2.41. The van der Waals surface area contributed by atoms with Gasteiger partial charge in [0.15, 0.2) is 15.0 Å². The van der Waals surface area contributed by atoms with Crippen molar-refractivity contribution in [3.05, 3.63) is 24.3 Å². The molecule has 0 radical (unpaired) electrons. The van der Waals surface area contributed by atoms with Crippen LogP contribution in [0, 0.1) is 5.92 Å². The Morgan fingerprint density at radius 2 is 2.00 bits per heavy atom. The summed E-state index contributed by atoms with van der Waals surface area (Å²) < 4.78 is 29.5.